The van der Waals surface area contributed by atoms with Crippen molar-refractivity contribution in [2.75, 3.05) is 0 Å². The minimum atomic E-state index is -0.611. The van der Waals surface area contributed by atoms with Gasteiger partial charge in [0.1, 0.15) is 5.69 Å². The second kappa shape index (κ2) is 4.35. The van der Waals surface area contributed by atoms with Crippen molar-refractivity contribution in [2.24, 2.45) is 5.11 Å². The first-order valence-corrected chi connectivity index (χ1v) is 5.38. The molecule has 1 fully saturated rings. The van der Waals surface area contributed by atoms with E-state index in [0.29, 0.717) is 18.4 Å². The molecule has 1 aromatic carbocycles. The second-order valence-corrected chi connectivity index (χ2v) is 4.20. The average Bonchev–Trinajstić information content (AvgIpc) is 2.30. The molecule has 0 N–H and O–H groups in total. The molecule has 1 aliphatic carbocycles. The lowest BCUT2D eigenvalue weighted by Crippen LogP contribution is -2.32. The summed E-state index contributed by atoms with van der Waals surface area (Å²) in [5, 5.41) is 23.4. The van der Waals surface area contributed by atoms with E-state index in [2.05, 4.69) is 16.1 Å². The van der Waals surface area contributed by atoms with Crippen molar-refractivity contribution in [3.63, 3.8) is 0 Å². The molecule has 0 spiro atoms. The van der Waals surface area contributed by atoms with E-state index < -0.39 is 10.3 Å². The number of nitro groups is 1. The molecule has 7 nitrogen and oxygen atoms in total. The molecule has 0 radical (unpaired) electrons. The summed E-state index contributed by atoms with van der Waals surface area (Å²) >= 11 is 0. The van der Waals surface area contributed by atoms with E-state index in [1.54, 1.807) is 6.07 Å². The number of rotatable bonds is 3. The Balaban J connectivity index is 2.53. The van der Waals surface area contributed by atoms with E-state index in [1.807, 2.05) is 0 Å². The summed E-state index contributed by atoms with van der Waals surface area (Å²) in [6.07, 6.45) is 2.36. The van der Waals surface area contributed by atoms with Crippen molar-refractivity contribution in [1.29, 1.82) is 5.26 Å². The monoisotopic (exact) mass is 243 g/mol. The first kappa shape index (κ1) is 11.9. The maximum absolute atomic E-state index is 10.9. The summed E-state index contributed by atoms with van der Waals surface area (Å²) < 4.78 is 0. The number of benzene rings is 1. The van der Waals surface area contributed by atoms with Crippen molar-refractivity contribution in [2.45, 2.75) is 24.7 Å². The molecule has 0 aliphatic heterocycles. The summed E-state index contributed by atoms with van der Waals surface area (Å²) in [4.78, 5) is 12.9. The van der Waals surface area contributed by atoms with Crippen LogP contribution < -0.4 is 0 Å². The summed E-state index contributed by atoms with van der Waals surface area (Å²) in [5.74, 6) is 0. The van der Waals surface area contributed by atoms with E-state index >= 15 is 0 Å². The van der Waals surface area contributed by atoms with Crippen LogP contribution in [0.3, 0.4) is 0 Å². The van der Waals surface area contributed by atoms with Gasteiger partial charge in [0.15, 0.2) is 0 Å². The van der Waals surface area contributed by atoms with E-state index in [1.165, 1.54) is 12.1 Å². The Labute approximate surface area is 102 Å². The highest BCUT2D eigenvalue weighted by Gasteiger charge is 2.39. The Kier molecular flexibility index (Phi) is 2.88. The van der Waals surface area contributed by atoms with Crippen LogP contribution in [0.25, 0.3) is 10.4 Å². The molecular weight excluding hydrogens is 234 g/mol. The second-order valence-electron chi connectivity index (χ2n) is 4.20. The number of hydrogen-bond donors (Lipinski definition) is 0. The number of hydrogen-bond acceptors (Lipinski definition) is 4. The lowest BCUT2D eigenvalue weighted by atomic mass is 9.65. The minimum Gasteiger partial charge on any atom is -0.258 e. The molecule has 0 atom stereocenters. The quantitative estimate of drug-likeness (QED) is 0.266. The van der Waals surface area contributed by atoms with Gasteiger partial charge >= 0.3 is 0 Å². The first-order chi connectivity index (χ1) is 8.63. The van der Waals surface area contributed by atoms with Gasteiger partial charge in [0.25, 0.3) is 5.69 Å². The summed E-state index contributed by atoms with van der Waals surface area (Å²) in [7, 11) is 0. The van der Waals surface area contributed by atoms with E-state index in [-0.39, 0.29) is 11.4 Å². The molecular formula is C11H9N5O2. The van der Waals surface area contributed by atoms with Gasteiger partial charge in [0.2, 0.25) is 0 Å². The predicted molar refractivity (Wildman–Crippen MR) is 63.0 cm³/mol. The highest BCUT2D eigenvalue weighted by Crippen LogP contribution is 2.45. The summed E-state index contributed by atoms with van der Waals surface area (Å²) in [6.45, 7) is 0. The number of nitro benzene ring substituents is 1. The Bertz CT molecular complexity index is 594. The average molecular weight is 243 g/mol. The summed E-state index contributed by atoms with van der Waals surface area (Å²) in [5.41, 5.74) is 8.07. The molecule has 0 heterocycles. The van der Waals surface area contributed by atoms with Gasteiger partial charge in [-0.15, -0.1) is 0 Å². The maximum Gasteiger partial charge on any atom is 0.279 e. The molecule has 0 amide bonds. The van der Waals surface area contributed by atoms with Gasteiger partial charge in [-0.25, -0.2) is 0 Å². The Morgan fingerprint density at radius 1 is 1.56 bits per heavy atom. The molecule has 0 unspecified atom stereocenters. The molecule has 1 aliphatic rings. The van der Waals surface area contributed by atoms with Gasteiger partial charge in [-0.2, -0.15) is 5.26 Å². The molecule has 7 heteroatoms. The van der Waals surface area contributed by atoms with E-state index in [9.17, 15) is 15.4 Å². The molecule has 18 heavy (non-hydrogen) atoms. The van der Waals surface area contributed by atoms with Crippen LogP contribution in [0.15, 0.2) is 23.3 Å². The van der Waals surface area contributed by atoms with Crippen LogP contribution in [-0.4, -0.2) is 4.92 Å². The van der Waals surface area contributed by atoms with Crippen LogP contribution in [0.4, 0.5) is 11.4 Å². The molecule has 90 valence electrons. The first-order valence-electron chi connectivity index (χ1n) is 5.38. The third-order valence-electron chi connectivity index (χ3n) is 3.30. The lowest BCUT2D eigenvalue weighted by molar-refractivity contribution is -0.384. The van der Waals surface area contributed by atoms with Gasteiger partial charge in [-0.1, -0.05) is 11.2 Å². The third kappa shape index (κ3) is 1.75. The van der Waals surface area contributed by atoms with Gasteiger partial charge in [-0.3, -0.25) is 10.1 Å². The Hall–Kier alpha value is -2.58. The number of azide groups is 1. The van der Waals surface area contributed by atoms with Gasteiger partial charge in [-0.05, 0) is 36.4 Å². The van der Waals surface area contributed by atoms with Crippen molar-refractivity contribution in [3.05, 3.63) is 44.3 Å². The fourth-order valence-electron chi connectivity index (χ4n) is 2.10. The Morgan fingerprint density at radius 2 is 2.28 bits per heavy atom. The fraction of sp³-hybridized carbons (Fsp3) is 0.364. The van der Waals surface area contributed by atoms with Crippen molar-refractivity contribution < 1.29 is 4.92 Å². The zero-order chi connectivity index (χ0) is 13.2. The zero-order valence-corrected chi connectivity index (χ0v) is 9.41. The van der Waals surface area contributed by atoms with Crippen LogP contribution in [0.5, 0.6) is 0 Å². The van der Waals surface area contributed by atoms with Crippen molar-refractivity contribution in [3.8, 4) is 6.07 Å². The molecule has 0 aromatic heterocycles. The zero-order valence-electron chi connectivity index (χ0n) is 9.41. The van der Waals surface area contributed by atoms with Crippen molar-refractivity contribution >= 4 is 11.4 Å². The van der Waals surface area contributed by atoms with Gasteiger partial charge < -0.3 is 0 Å². The van der Waals surface area contributed by atoms with E-state index in [4.69, 9.17) is 5.53 Å². The minimum absolute atomic E-state index is 0.0290. The smallest absolute Gasteiger partial charge is 0.258 e. The van der Waals surface area contributed by atoms with E-state index in [0.717, 1.165) is 6.42 Å². The summed E-state index contributed by atoms with van der Waals surface area (Å²) in [6, 6.07) is 6.58. The van der Waals surface area contributed by atoms with Crippen LogP contribution in [0.2, 0.25) is 0 Å². The Morgan fingerprint density at radius 3 is 2.72 bits per heavy atom. The lowest BCUT2D eigenvalue weighted by Gasteiger charge is -2.35. The van der Waals surface area contributed by atoms with Crippen molar-refractivity contribution in [1.82, 2.24) is 0 Å². The SMILES string of the molecule is N#CC1(c2ccc(N=[N+]=[N-])c([N+](=O)[O-])c2)CCC1. The predicted octanol–water partition coefficient (Wildman–Crippen LogP) is 3.48. The van der Waals surface area contributed by atoms with Crippen LogP contribution in [0, 0.1) is 21.4 Å². The molecule has 0 saturated heterocycles. The van der Waals surface area contributed by atoms with Gasteiger partial charge in [0, 0.05) is 11.0 Å². The molecule has 0 bridgehead atoms. The van der Waals surface area contributed by atoms with Crippen LogP contribution >= 0.6 is 0 Å². The van der Waals surface area contributed by atoms with Crippen LogP contribution in [-0.2, 0) is 5.41 Å². The standard InChI is InChI=1S/C11H9N5O2/c12-7-11(4-1-5-11)8-2-3-9(14-15-13)10(6-8)16(17)18/h2-3,6H,1,4-5H2. The topological polar surface area (TPSA) is 116 Å². The number of nitrogens with zero attached hydrogens (tertiary/aromatic N) is 5. The largest absolute Gasteiger partial charge is 0.279 e. The highest BCUT2D eigenvalue weighted by atomic mass is 16.6. The molecule has 2 rings (SSSR count). The molecule has 1 aromatic rings. The van der Waals surface area contributed by atoms with Crippen LogP contribution in [0.1, 0.15) is 24.8 Å². The maximum atomic E-state index is 10.9. The third-order valence-corrected chi connectivity index (χ3v) is 3.30. The highest BCUT2D eigenvalue weighted by molar-refractivity contribution is 5.60. The fourth-order valence-corrected chi connectivity index (χ4v) is 2.10. The molecule has 1 saturated carbocycles. The number of nitriles is 1. The normalized spacial score (nSPS) is 15.9. The van der Waals surface area contributed by atoms with Gasteiger partial charge in [0.05, 0.1) is 16.4 Å².